The maximum absolute atomic E-state index is 12.5. The second kappa shape index (κ2) is 9.85. The van der Waals surface area contributed by atoms with E-state index in [0.717, 1.165) is 11.4 Å². The first-order chi connectivity index (χ1) is 14.0. The van der Waals surface area contributed by atoms with Crippen molar-refractivity contribution in [2.75, 3.05) is 44.2 Å². The fourth-order valence-corrected chi connectivity index (χ4v) is 3.50. The van der Waals surface area contributed by atoms with E-state index in [9.17, 15) is 9.59 Å². The summed E-state index contributed by atoms with van der Waals surface area (Å²) >= 11 is 11.8. The van der Waals surface area contributed by atoms with Crippen molar-refractivity contribution in [1.82, 2.24) is 10.2 Å². The van der Waals surface area contributed by atoms with Crippen LogP contribution in [0.3, 0.4) is 0 Å². The van der Waals surface area contributed by atoms with Crippen LogP contribution in [0.15, 0.2) is 42.5 Å². The Morgan fingerprint density at radius 2 is 1.76 bits per heavy atom. The summed E-state index contributed by atoms with van der Waals surface area (Å²) in [5, 5.41) is 3.32. The highest BCUT2D eigenvalue weighted by Gasteiger charge is 2.23. The highest BCUT2D eigenvalue weighted by atomic mass is 35.5. The fourth-order valence-electron chi connectivity index (χ4n) is 3.20. The van der Waals surface area contributed by atoms with Gasteiger partial charge in [-0.1, -0.05) is 35.3 Å². The minimum atomic E-state index is -0.360. The van der Waals surface area contributed by atoms with Gasteiger partial charge in [-0.25, -0.2) is 0 Å². The van der Waals surface area contributed by atoms with E-state index in [1.165, 1.54) is 6.07 Å². The van der Waals surface area contributed by atoms with Crippen LogP contribution >= 0.6 is 23.2 Å². The summed E-state index contributed by atoms with van der Waals surface area (Å²) in [5.41, 5.74) is 1.40. The molecule has 1 heterocycles. The number of amides is 2. The topological polar surface area (TPSA) is 61.9 Å². The summed E-state index contributed by atoms with van der Waals surface area (Å²) < 4.78 is 5.70. The minimum absolute atomic E-state index is 0.0609. The van der Waals surface area contributed by atoms with Crippen molar-refractivity contribution in [2.24, 2.45) is 0 Å². The number of carbonyl (C=O) groups is 2. The first kappa shape index (κ1) is 21.3. The molecule has 0 saturated carbocycles. The predicted octanol–water partition coefficient (Wildman–Crippen LogP) is 3.47. The number of carbonyl (C=O) groups excluding carboxylic acids is 2. The molecular weight excluding hydrogens is 413 g/mol. The van der Waals surface area contributed by atoms with Gasteiger partial charge in [0.2, 0.25) is 5.91 Å². The Labute approximate surface area is 180 Å². The SMILES string of the molecule is CCOc1ccccc1N1CCN(C(=O)CNC(=O)c2ccc(Cl)c(Cl)c2)CC1. The predicted molar refractivity (Wildman–Crippen MR) is 115 cm³/mol. The third-order valence-electron chi connectivity index (χ3n) is 4.72. The Morgan fingerprint density at radius 3 is 2.45 bits per heavy atom. The largest absolute Gasteiger partial charge is 0.492 e. The first-order valence-electron chi connectivity index (χ1n) is 9.47. The molecule has 29 heavy (non-hydrogen) atoms. The number of hydrogen-bond donors (Lipinski definition) is 1. The van der Waals surface area contributed by atoms with Crippen LogP contribution in [0.4, 0.5) is 5.69 Å². The third kappa shape index (κ3) is 5.34. The molecule has 0 atom stereocenters. The molecule has 1 fully saturated rings. The highest BCUT2D eigenvalue weighted by Crippen LogP contribution is 2.28. The number of anilines is 1. The summed E-state index contributed by atoms with van der Waals surface area (Å²) in [4.78, 5) is 28.7. The molecule has 1 aliphatic rings. The maximum atomic E-state index is 12.5. The van der Waals surface area contributed by atoms with Crippen LogP contribution < -0.4 is 15.0 Å². The van der Waals surface area contributed by atoms with Crippen molar-refractivity contribution in [3.8, 4) is 5.75 Å². The Kier molecular flexibility index (Phi) is 7.23. The Balaban J connectivity index is 1.51. The number of piperazine rings is 1. The van der Waals surface area contributed by atoms with Gasteiger partial charge in [0.25, 0.3) is 5.91 Å². The number of nitrogens with one attached hydrogen (secondary N) is 1. The number of halogens is 2. The molecule has 0 aromatic heterocycles. The second-order valence-electron chi connectivity index (χ2n) is 6.58. The van der Waals surface area contributed by atoms with Gasteiger partial charge in [-0.05, 0) is 37.3 Å². The van der Waals surface area contributed by atoms with Gasteiger partial charge >= 0.3 is 0 Å². The molecular formula is C21H23Cl2N3O3. The van der Waals surface area contributed by atoms with Crippen molar-refractivity contribution in [3.05, 3.63) is 58.1 Å². The molecule has 2 aromatic carbocycles. The lowest BCUT2D eigenvalue weighted by atomic mass is 10.2. The molecule has 3 rings (SSSR count). The zero-order valence-corrected chi connectivity index (χ0v) is 17.7. The van der Waals surface area contributed by atoms with Gasteiger partial charge in [0.15, 0.2) is 0 Å². The van der Waals surface area contributed by atoms with Crippen LogP contribution in [0.2, 0.25) is 10.0 Å². The molecule has 1 N–H and O–H groups in total. The second-order valence-corrected chi connectivity index (χ2v) is 7.39. The third-order valence-corrected chi connectivity index (χ3v) is 5.46. The van der Waals surface area contributed by atoms with Gasteiger partial charge < -0.3 is 19.9 Å². The van der Waals surface area contributed by atoms with Crippen molar-refractivity contribution in [3.63, 3.8) is 0 Å². The summed E-state index contributed by atoms with van der Waals surface area (Å²) in [7, 11) is 0. The average molecular weight is 436 g/mol. The van der Waals surface area contributed by atoms with E-state index in [1.54, 1.807) is 17.0 Å². The van der Waals surface area contributed by atoms with Crippen LogP contribution in [-0.4, -0.2) is 56.0 Å². The van der Waals surface area contributed by atoms with Gasteiger partial charge in [-0.2, -0.15) is 0 Å². The van der Waals surface area contributed by atoms with Crippen molar-refractivity contribution >= 4 is 40.7 Å². The Morgan fingerprint density at radius 1 is 1.03 bits per heavy atom. The number of ether oxygens (including phenoxy) is 1. The van der Waals surface area contributed by atoms with Crippen LogP contribution in [0, 0.1) is 0 Å². The smallest absolute Gasteiger partial charge is 0.251 e. The molecule has 1 aliphatic heterocycles. The lowest BCUT2D eigenvalue weighted by Gasteiger charge is -2.36. The average Bonchev–Trinajstić information content (AvgIpc) is 2.74. The lowest BCUT2D eigenvalue weighted by Crippen LogP contribution is -2.51. The zero-order valence-electron chi connectivity index (χ0n) is 16.2. The van der Waals surface area contributed by atoms with E-state index < -0.39 is 0 Å². The molecule has 2 amide bonds. The summed E-state index contributed by atoms with van der Waals surface area (Å²) in [6.45, 7) is 5.08. The molecule has 0 radical (unpaired) electrons. The van der Waals surface area contributed by atoms with E-state index in [1.807, 2.05) is 31.2 Å². The highest BCUT2D eigenvalue weighted by molar-refractivity contribution is 6.42. The standard InChI is InChI=1S/C21H23Cl2N3O3/c1-2-29-19-6-4-3-5-18(19)25-9-11-26(12-10-25)20(27)14-24-21(28)15-7-8-16(22)17(23)13-15/h3-8,13H,2,9-12,14H2,1H3,(H,24,28). The molecule has 2 aromatic rings. The molecule has 8 heteroatoms. The number of hydrogen-bond acceptors (Lipinski definition) is 4. The quantitative estimate of drug-likeness (QED) is 0.754. The fraction of sp³-hybridized carbons (Fsp3) is 0.333. The number of benzene rings is 2. The Hall–Kier alpha value is -2.44. The maximum Gasteiger partial charge on any atom is 0.251 e. The van der Waals surface area contributed by atoms with E-state index in [-0.39, 0.29) is 18.4 Å². The van der Waals surface area contributed by atoms with Gasteiger partial charge in [-0.3, -0.25) is 9.59 Å². The minimum Gasteiger partial charge on any atom is -0.492 e. The van der Waals surface area contributed by atoms with Gasteiger partial charge in [0.05, 0.1) is 28.9 Å². The first-order valence-corrected chi connectivity index (χ1v) is 10.2. The van der Waals surface area contributed by atoms with Crippen molar-refractivity contribution < 1.29 is 14.3 Å². The number of nitrogens with zero attached hydrogens (tertiary/aromatic N) is 2. The molecule has 154 valence electrons. The summed E-state index contributed by atoms with van der Waals surface area (Å²) in [6, 6.07) is 12.5. The molecule has 0 bridgehead atoms. The molecule has 6 nitrogen and oxygen atoms in total. The lowest BCUT2D eigenvalue weighted by molar-refractivity contribution is -0.130. The summed E-state index contributed by atoms with van der Waals surface area (Å²) in [5.74, 6) is 0.376. The van der Waals surface area contributed by atoms with Crippen LogP contribution in [0.1, 0.15) is 17.3 Å². The Bertz CT molecular complexity index is 883. The van der Waals surface area contributed by atoms with Gasteiger partial charge in [0, 0.05) is 31.7 Å². The van der Waals surface area contributed by atoms with E-state index in [0.29, 0.717) is 48.4 Å². The van der Waals surface area contributed by atoms with E-state index in [4.69, 9.17) is 27.9 Å². The van der Waals surface area contributed by atoms with Crippen LogP contribution in [0.25, 0.3) is 0 Å². The normalized spacial score (nSPS) is 13.9. The molecule has 1 saturated heterocycles. The van der Waals surface area contributed by atoms with Gasteiger partial charge in [0.1, 0.15) is 5.75 Å². The molecule has 0 spiro atoms. The number of para-hydroxylation sites is 2. The molecule has 0 unspecified atom stereocenters. The number of rotatable bonds is 6. The van der Waals surface area contributed by atoms with Crippen LogP contribution in [0.5, 0.6) is 5.75 Å². The zero-order chi connectivity index (χ0) is 20.8. The van der Waals surface area contributed by atoms with Crippen LogP contribution in [-0.2, 0) is 4.79 Å². The van der Waals surface area contributed by atoms with Crippen molar-refractivity contribution in [1.29, 1.82) is 0 Å². The van der Waals surface area contributed by atoms with Crippen molar-refractivity contribution in [2.45, 2.75) is 6.92 Å². The summed E-state index contributed by atoms with van der Waals surface area (Å²) in [6.07, 6.45) is 0. The van der Waals surface area contributed by atoms with E-state index in [2.05, 4.69) is 10.2 Å². The van der Waals surface area contributed by atoms with Gasteiger partial charge in [-0.15, -0.1) is 0 Å². The van der Waals surface area contributed by atoms with E-state index >= 15 is 0 Å². The molecule has 0 aliphatic carbocycles. The monoisotopic (exact) mass is 435 g/mol.